The van der Waals surface area contributed by atoms with Crippen LogP contribution >= 0.6 is 0 Å². The number of nitrogens with two attached hydrogens (primary N) is 1. The molecule has 1 aromatic rings. The van der Waals surface area contributed by atoms with Crippen LogP contribution in [0.5, 0.6) is 0 Å². The first-order valence-corrected chi connectivity index (χ1v) is 6.88. The van der Waals surface area contributed by atoms with E-state index in [0.717, 1.165) is 30.7 Å². The Bertz CT molecular complexity index is 541. The summed E-state index contributed by atoms with van der Waals surface area (Å²) in [7, 11) is 0. The summed E-state index contributed by atoms with van der Waals surface area (Å²) in [6.07, 6.45) is 4.30. The number of H-pyrrole nitrogens is 1. The number of imidazole rings is 1. The monoisotopic (exact) mass is 278 g/mol. The van der Waals surface area contributed by atoms with E-state index in [9.17, 15) is 14.7 Å². The second-order valence-electron chi connectivity index (χ2n) is 5.55. The fourth-order valence-corrected chi connectivity index (χ4v) is 3.20. The molecule has 0 radical (unpaired) electrons. The summed E-state index contributed by atoms with van der Waals surface area (Å²) in [6, 6.07) is -0.994. The minimum absolute atomic E-state index is 0.136. The van der Waals surface area contributed by atoms with E-state index in [4.69, 9.17) is 5.73 Å². The molecule has 3 unspecified atom stereocenters. The molecule has 3 rings (SSSR count). The van der Waals surface area contributed by atoms with Gasteiger partial charge in [-0.1, -0.05) is 6.42 Å². The van der Waals surface area contributed by atoms with Gasteiger partial charge in [-0.2, -0.15) is 0 Å². The van der Waals surface area contributed by atoms with Gasteiger partial charge in [0.15, 0.2) is 0 Å². The minimum Gasteiger partial charge on any atom is -0.480 e. The highest BCUT2D eigenvalue weighted by atomic mass is 16.4. The predicted octanol–water partition coefficient (Wildman–Crippen LogP) is -0.125. The molecule has 1 aliphatic heterocycles. The summed E-state index contributed by atoms with van der Waals surface area (Å²) in [5.74, 6) is -1.37. The highest BCUT2D eigenvalue weighted by Crippen LogP contribution is 2.29. The van der Waals surface area contributed by atoms with Gasteiger partial charge in [0.05, 0.1) is 30.2 Å². The fraction of sp³-hybridized carbons (Fsp3) is 0.615. The van der Waals surface area contributed by atoms with Gasteiger partial charge in [0.25, 0.3) is 0 Å². The number of aliphatic carboxylic acids is 1. The third-order valence-electron chi connectivity index (χ3n) is 4.35. The summed E-state index contributed by atoms with van der Waals surface area (Å²) in [4.78, 5) is 32.6. The van der Waals surface area contributed by atoms with Crippen molar-refractivity contribution in [2.75, 3.05) is 0 Å². The molecule has 20 heavy (non-hydrogen) atoms. The van der Waals surface area contributed by atoms with E-state index in [1.165, 1.54) is 4.90 Å². The van der Waals surface area contributed by atoms with Gasteiger partial charge in [-0.05, 0) is 12.8 Å². The number of carbonyl (C=O) groups is 2. The lowest BCUT2D eigenvalue weighted by Crippen LogP contribution is -2.52. The molecular formula is C13H18N4O3. The SMILES string of the molecule is NC1CCCC1C(=O)N1Cc2[nH]cnc2CC1C(=O)O. The Kier molecular flexibility index (Phi) is 3.21. The van der Waals surface area contributed by atoms with Crippen LogP contribution < -0.4 is 5.73 Å². The molecule has 1 amide bonds. The zero-order chi connectivity index (χ0) is 14.3. The Morgan fingerprint density at radius 3 is 2.90 bits per heavy atom. The van der Waals surface area contributed by atoms with Crippen molar-refractivity contribution in [3.8, 4) is 0 Å². The maximum Gasteiger partial charge on any atom is 0.326 e. The van der Waals surface area contributed by atoms with Gasteiger partial charge < -0.3 is 20.7 Å². The van der Waals surface area contributed by atoms with Crippen molar-refractivity contribution in [2.24, 2.45) is 11.7 Å². The van der Waals surface area contributed by atoms with E-state index < -0.39 is 12.0 Å². The lowest BCUT2D eigenvalue weighted by molar-refractivity contribution is -0.153. The highest BCUT2D eigenvalue weighted by Gasteiger charge is 2.41. The number of carbonyl (C=O) groups excluding carboxylic acids is 1. The number of hydrogen-bond acceptors (Lipinski definition) is 4. The Morgan fingerprint density at radius 1 is 1.45 bits per heavy atom. The van der Waals surface area contributed by atoms with E-state index in [-0.39, 0.29) is 30.8 Å². The second kappa shape index (κ2) is 4.90. The third-order valence-corrected chi connectivity index (χ3v) is 4.35. The number of carboxylic acids is 1. The van der Waals surface area contributed by atoms with Crippen molar-refractivity contribution in [3.63, 3.8) is 0 Å². The first kappa shape index (κ1) is 13.1. The molecule has 4 N–H and O–H groups in total. The van der Waals surface area contributed by atoms with Gasteiger partial charge in [-0.15, -0.1) is 0 Å². The number of nitrogens with one attached hydrogen (secondary N) is 1. The fourth-order valence-electron chi connectivity index (χ4n) is 3.20. The van der Waals surface area contributed by atoms with E-state index in [1.54, 1.807) is 6.33 Å². The molecule has 108 valence electrons. The molecule has 0 spiro atoms. The molecule has 0 bridgehead atoms. The van der Waals surface area contributed by atoms with E-state index in [2.05, 4.69) is 9.97 Å². The van der Waals surface area contributed by atoms with Gasteiger partial charge >= 0.3 is 5.97 Å². The van der Waals surface area contributed by atoms with Crippen molar-refractivity contribution in [1.29, 1.82) is 0 Å². The summed E-state index contributed by atoms with van der Waals surface area (Å²) >= 11 is 0. The minimum atomic E-state index is -0.987. The maximum absolute atomic E-state index is 12.6. The number of rotatable bonds is 2. The molecule has 0 saturated heterocycles. The lowest BCUT2D eigenvalue weighted by Gasteiger charge is -2.34. The molecule has 7 heteroatoms. The molecule has 1 saturated carbocycles. The molecule has 3 atom stereocenters. The maximum atomic E-state index is 12.6. The molecule has 2 heterocycles. The van der Waals surface area contributed by atoms with Crippen LogP contribution in [0.1, 0.15) is 30.7 Å². The van der Waals surface area contributed by atoms with Crippen molar-refractivity contribution < 1.29 is 14.7 Å². The van der Waals surface area contributed by atoms with Crippen LogP contribution in [0.4, 0.5) is 0 Å². The van der Waals surface area contributed by atoms with Gasteiger partial charge in [-0.25, -0.2) is 9.78 Å². The first-order chi connectivity index (χ1) is 9.58. The molecule has 0 aromatic carbocycles. The Labute approximate surface area is 116 Å². The van der Waals surface area contributed by atoms with Crippen LogP contribution in [0.3, 0.4) is 0 Å². The molecule has 2 aliphatic rings. The van der Waals surface area contributed by atoms with Crippen molar-refractivity contribution >= 4 is 11.9 Å². The zero-order valence-corrected chi connectivity index (χ0v) is 11.1. The highest BCUT2D eigenvalue weighted by molar-refractivity contribution is 5.86. The number of aromatic nitrogens is 2. The molecule has 1 fully saturated rings. The summed E-state index contributed by atoms with van der Waals surface area (Å²) < 4.78 is 0. The number of amides is 1. The molecular weight excluding hydrogens is 260 g/mol. The number of nitrogens with zero attached hydrogens (tertiary/aromatic N) is 2. The summed E-state index contributed by atoms with van der Waals surface area (Å²) in [5, 5.41) is 9.37. The zero-order valence-electron chi connectivity index (χ0n) is 11.1. The van der Waals surface area contributed by atoms with E-state index in [0.29, 0.717) is 0 Å². The number of hydrogen-bond donors (Lipinski definition) is 3. The Balaban J connectivity index is 1.86. The average Bonchev–Trinajstić information content (AvgIpc) is 3.04. The summed E-state index contributed by atoms with van der Waals surface area (Å²) in [6.45, 7) is 0.272. The third kappa shape index (κ3) is 2.07. The van der Waals surface area contributed by atoms with Crippen LogP contribution in [-0.2, 0) is 22.6 Å². The standard InChI is InChI=1S/C13H18N4O3/c14-8-3-1-2-7(8)12(18)17-5-10-9(15-6-16-10)4-11(17)13(19)20/h6-8,11H,1-5,14H2,(H,15,16)(H,19,20). The molecule has 1 aromatic heterocycles. The molecule has 7 nitrogen and oxygen atoms in total. The largest absolute Gasteiger partial charge is 0.480 e. The second-order valence-corrected chi connectivity index (χ2v) is 5.55. The average molecular weight is 278 g/mol. The van der Waals surface area contributed by atoms with Crippen LogP contribution in [0.2, 0.25) is 0 Å². The Hall–Kier alpha value is -1.89. The lowest BCUT2D eigenvalue weighted by atomic mass is 9.97. The van der Waals surface area contributed by atoms with Gasteiger partial charge in [0.1, 0.15) is 6.04 Å². The van der Waals surface area contributed by atoms with Crippen molar-refractivity contribution in [2.45, 2.75) is 44.3 Å². The summed E-state index contributed by atoms with van der Waals surface area (Å²) in [5.41, 5.74) is 7.52. The number of carboxylic acid groups (broad SMARTS) is 1. The molecule has 1 aliphatic carbocycles. The van der Waals surface area contributed by atoms with E-state index >= 15 is 0 Å². The number of aromatic amines is 1. The van der Waals surface area contributed by atoms with Crippen LogP contribution in [0, 0.1) is 5.92 Å². The predicted molar refractivity (Wildman–Crippen MR) is 69.6 cm³/mol. The van der Waals surface area contributed by atoms with Crippen LogP contribution in [0.15, 0.2) is 6.33 Å². The van der Waals surface area contributed by atoms with Crippen molar-refractivity contribution in [1.82, 2.24) is 14.9 Å². The first-order valence-electron chi connectivity index (χ1n) is 6.88. The van der Waals surface area contributed by atoms with Gasteiger partial charge in [0, 0.05) is 12.5 Å². The quantitative estimate of drug-likeness (QED) is 0.698. The van der Waals surface area contributed by atoms with Crippen molar-refractivity contribution in [3.05, 3.63) is 17.7 Å². The number of fused-ring (bicyclic) bond motifs is 1. The van der Waals surface area contributed by atoms with Gasteiger partial charge in [-0.3, -0.25) is 4.79 Å². The Morgan fingerprint density at radius 2 is 2.25 bits per heavy atom. The normalized spacial score (nSPS) is 29.2. The topological polar surface area (TPSA) is 112 Å². The van der Waals surface area contributed by atoms with Crippen LogP contribution in [-0.4, -0.2) is 43.9 Å². The van der Waals surface area contributed by atoms with E-state index in [1.807, 2.05) is 0 Å². The smallest absolute Gasteiger partial charge is 0.326 e. The van der Waals surface area contributed by atoms with Gasteiger partial charge in [0.2, 0.25) is 5.91 Å². The van der Waals surface area contributed by atoms with Crippen LogP contribution in [0.25, 0.3) is 0 Å².